The molecule has 0 unspecified atom stereocenters. The largest absolute Gasteiger partial charge is 0.294 e. The number of benzene rings is 5. The Morgan fingerprint density at radius 2 is 1.23 bits per heavy atom. The van der Waals surface area contributed by atoms with Gasteiger partial charge in [0.2, 0.25) is 5.95 Å². The van der Waals surface area contributed by atoms with Gasteiger partial charge in [-0.15, -0.1) is 0 Å². The third-order valence-electron chi connectivity index (χ3n) is 8.05. The monoisotopic (exact) mass is 569 g/mol. The molecule has 1 aliphatic heterocycles. The van der Waals surface area contributed by atoms with E-state index in [1.54, 1.807) is 11.8 Å². The second kappa shape index (κ2) is 9.54. The fraction of sp³-hybridized carbons (Fsp3) is 0. The van der Waals surface area contributed by atoms with Crippen molar-refractivity contribution in [2.75, 3.05) is 4.90 Å². The fourth-order valence-corrected chi connectivity index (χ4v) is 7.25. The van der Waals surface area contributed by atoms with Crippen molar-refractivity contribution in [2.24, 2.45) is 0 Å². The van der Waals surface area contributed by atoms with Crippen molar-refractivity contribution in [3.8, 4) is 17.2 Å². The molecule has 0 N–H and O–H groups in total. The summed E-state index contributed by atoms with van der Waals surface area (Å²) in [5, 5.41) is 4.86. The van der Waals surface area contributed by atoms with Gasteiger partial charge in [-0.05, 0) is 59.3 Å². The van der Waals surface area contributed by atoms with Crippen molar-refractivity contribution in [1.82, 2.24) is 19.5 Å². The number of aromatic nitrogens is 4. The summed E-state index contributed by atoms with van der Waals surface area (Å²) in [5.74, 6) is 1.39. The van der Waals surface area contributed by atoms with E-state index < -0.39 is 0 Å². The third kappa shape index (κ3) is 3.77. The molecule has 0 saturated heterocycles. The van der Waals surface area contributed by atoms with Crippen molar-refractivity contribution in [1.29, 1.82) is 0 Å². The van der Waals surface area contributed by atoms with Crippen LogP contribution in [0, 0.1) is 0 Å². The molecule has 0 fully saturated rings. The van der Waals surface area contributed by atoms with Crippen LogP contribution >= 0.6 is 11.8 Å². The molecule has 6 heteroatoms. The van der Waals surface area contributed by atoms with E-state index in [2.05, 4.69) is 130 Å². The molecule has 0 aliphatic carbocycles. The normalized spacial score (nSPS) is 12.5. The summed E-state index contributed by atoms with van der Waals surface area (Å²) < 4.78 is 2.27. The number of para-hydroxylation sites is 3. The highest BCUT2D eigenvalue weighted by atomic mass is 32.2. The summed E-state index contributed by atoms with van der Waals surface area (Å²) in [6.07, 6.45) is 1.81. The molecule has 0 bridgehead atoms. The van der Waals surface area contributed by atoms with Crippen LogP contribution in [0.1, 0.15) is 0 Å². The van der Waals surface area contributed by atoms with Gasteiger partial charge in [0.1, 0.15) is 5.82 Å². The first-order valence-corrected chi connectivity index (χ1v) is 15.0. The van der Waals surface area contributed by atoms with Crippen LogP contribution in [-0.4, -0.2) is 19.5 Å². The quantitative estimate of drug-likeness (QED) is 0.212. The van der Waals surface area contributed by atoms with E-state index in [1.807, 2.05) is 24.4 Å². The molecule has 0 spiro atoms. The molecule has 43 heavy (non-hydrogen) atoms. The average molecular weight is 570 g/mol. The van der Waals surface area contributed by atoms with Gasteiger partial charge in [0, 0.05) is 32.8 Å². The highest BCUT2D eigenvalue weighted by molar-refractivity contribution is 7.99. The average Bonchev–Trinajstić information content (AvgIpc) is 3.42. The SMILES string of the molecule is c1ccc(-c2cc(-n3c4ccccc4c4c5ccccc5ccc43)nc(N3c4ccccc4Sc4ccccc43)n2)nc1. The van der Waals surface area contributed by atoms with Crippen molar-refractivity contribution >= 4 is 61.7 Å². The van der Waals surface area contributed by atoms with Crippen molar-refractivity contribution < 1.29 is 0 Å². The van der Waals surface area contributed by atoms with Gasteiger partial charge in [-0.3, -0.25) is 14.5 Å². The molecule has 4 heterocycles. The standard InChI is InChI=1S/C37H23N5S/c1-2-12-25-24(11-1)20-21-32-36(25)26-13-3-4-15-29(26)41(32)35-23-28(27-14-9-10-22-38-27)39-37(40-35)42-30-16-5-7-18-33(30)43-34-19-8-6-17-31(34)42/h1-23H. The van der Waals surface area contributed by atoms with Crippen LogP contribution in [0.4, 0.5) is 17.3 Å². The summed E-state index contributed by atoms with van der Waals surface area (Å²) in [5.41, 5.74) is 5.88. The van der Waals surface area contributed by atoms with Crippen molar-refractivity contribution in [2.45, 2.75) is 9.79 Å². The van der Waals surface area contributed by atoms with Crippen LogP contribution in [-0.2, 0) is 0 Å². The van der Waals surface area contributed by atoms with Crippen LogP contribution in [0.2, 0.25) is 0 Å². The predicted molar refractivity (Wildman–Crippen MR) is 176 cm³/mol. The van der Waals surface area contributed by atoms with Crippen LogP contribution < -0.4 is 4.90 Å². The first-order chi connectivity index (χ1) is 21.3. The summed E-state index contributed by atoms with van der Waals surface area (Å²) in [4.78, 5) is 19.7. The summed E-state index contributed by atoms with van der Waals surface area (Å²) in [7, 11) is 0. The fourth-order valence-electron chi connectivity index (χ4n) is 6.19. The van der Waals surface area contributed by atoms with E-state index in [-0.39, 0.29) is 0 Å². The Morgan fingerprint density at radius 1 is 0.535 bits per heavy atom. The van der Waals surface area contributed by atoms with E-state index in [0.29, 0.717) is 5.95 Å². The third-order valence-corrected chi connectivity index (χ3v) is 9.18. The lowest BCUT2D eigenvalue weighted by atomic mass is 10.0. The minimum absolute atomic E-state index is 0.602. The Bertz CT molecular complexity index is 2300. The summed E-state index contributed by atoms with van der Waals surface area (Å²) in [6, 6.07) is 46.5. The summed E-state index contributed by atoms with van der Waals surface area (Å²) in [6.45, 7) is 0. The maximum Gasteiger partial charge on any atom is 0.237 e. The van der Waals surface area contributed by atoms with Crippen LogP contribution in [0.3, 0.4) is 0 Å². The first kappa shape index (κ1) is 24.2. The number of anilines is 3. The van der Waals surface area contributed by atoms with Crippen molar-refractivity contribution in [3.05, 3.63) is 140 Å². The van der Waals surface area contributed by atoms with Gasteiger partial charge in [0.25, 0.3) is 0 Å². The zero-order valence-corrected chi connectivity index (χ0v) is 23.7. The van der Waals surface area contributed by atoms with Crippen LogP contribution in [0.5, 0.6) is 0 Å². The zero-order valence-electron chi connectivity index (χ0n) is 22.9. The Morgan fingerprint density at radius 3 is 2.02 bits per heavy atom. The van der Waals surface area contributed by atoms with Gasteiger partial charge in [-0.1, -0.05) is 90.6 Å². The van der Waals surface area contributed by atoms with Gasteiger partial charge in [0.05, 0.1) is 33.8 Å². The van der Waals surface area contributed by atoms with E-state index in [0.717, 1.165) is 49.4 Å². The zero-order chi connectivity index (χ0) is 28.3. The lowest BCUT2D eigenvalue weighted by molar-refractivity contribution is 0.993. The van der Waals surface area contributed by atoms with Crippen LogP contribution in [0.25, 0.3) is 49.8 Å². The van der Waals surface area contributed by atoms with E-state index in [9.17, 15) is 0 Å². The molecular formula is C37H23N5S. The van der Waals surface area contributed by atoms with Gasteiger partial charge in [-0.25, -0.2) is 4.98 Å². The maximum atomic E-state index is 5.34. The number of rotatable bonds is 3. The predicted octanol–water partition coefficient (Wildman–Crippen LogP) is 9.72. The highest BCUT2D eigenvalue weighted by Gasteiger charge is 2.28. The minimum Gasteiger partial charge on any atom is -0.294 e. The second-order valence-corrected chi connectivity index (χ2v) is 11.6. The Balaban J connectivity index is 1.38. The highest BCUT2D eigenvalue weighted by Crippen LogP contribution is 2.50. The maximum absolute atomic E-state index is 5.34. The number of hydrogen-bond donors (Lipinski definition) is 0. The molecule has 0 radical (unpaired) electrons. The molecule has 0 atom stereocenters. The lowest BCUT2D eigenvalue weighted by Gasteiger charge is -2.31. The van der Waals surface area contributed by atoms with E-state index in [4.69, 9.17) is 9.97 Å². The minimum atomic E-state index is 0.602. The summed E-state index contributed by atoms with van der Waals surface area (Å²) >= 11 is 1.77. The van der Waals surface area contributed by atoms with E-state index >= 15 is 0 Å². The molecule has 1 aliphatic rings. The van der Waals surface area contributed by atoms with Gasteiger partial charge in [0.15, 0.2) is 0 Å². The Kier molecular flexibility index (Phi) is 5.36. The lowest BCUT2D eigenvalue weighted by Crippen LogP contribution is -2.18. The van der Waals surface area contributed by atoms with Gasteiger partial charge < -0.3 is 0 Å². The molecule has 5 nitrogen and oxygen atoms in total. The van der Waals surface area contributed by atoms with Gasteiger partial charge >= 0.3 is 0 Å². The van der Waals surface area contributed by atoms with Crippen molar-refractivity contribution in [3.63, 3.8) is 0 Å². The molecule has 3 aromatic heterocycles. The molecule has 8 aromatic rings. The van der Waals surface area contributed by atoms with Crippen LogP contribution in [0.15, 0.2) is 149 Å². The second-order valence-electron chi connectivity index (χ2n) is 10.5. The topological polar surface area (TPSA) is 46.8 Å². The number of pyridine rings is 1. The molecule has 9 rings (SSSR count). The first-order valence-electron chi connectivity index (χ1n) is 14.2. The molecule has 202 valence electrons. The Labute approximate surface area is 252 Å². The molecule has 0 saturated carbocycles. The van der Waals surface area contributed by atoms with E-state index in [1.165, 1.54) is 21.5 Å². The number of hydrogen-bond acceptors (Lipinski definition) is 5. The Hall–Kier alpha value is -5.46. The number of nitrogens with zero attached hydrogens (tertiary/aromatic N) is 5. The molecular weight excluding hydrogens is 547 g/mol. The smallest absolute Gasteiger partial charge is 0.237 e. The van der Waals surface area contributed by atoms with Gasteiger partial charge in [-0.2, -0.15) is 4.98 Å². The number of fused-ring (bicyclic) bond motifs is 7. The molecule has 5 aromatic carbocycles. The molecule has 0 amide bonds.